The standard InChI is InChI=1S/C20H21N3O3/c1-26-15-9-7-13(8-10-15)11-17-19(20(25)23-22-17)16(12-18(21)24)14-5-3-2-4-6-14/h2-10,16H,11-12H2,1H3,(H2,21,24)(H2,22,23,25)/t16-/m0/s1. The first-order valence-electron chi connectivity index (χ1n) is 8.34. The molecule has 1 atom stereocenters. The Kier molecular flexibility index (Phi) is 5.22. The average molecular weight is 351 g/mol. The fourth-order valence-corrected chi connectivity index (χ4v) is 3.13. The van der Waals surface area contributed by atoms with Crippen LogP contribution in [0.5, 0.6) is 5.75 Å². The molecule has 0 saturated heterocycles. The monoisotopic (exact) mass is 351 g/mol. The number of aromatic amines is 2. The summed E-state index contributed by atoms with van der Waals surface area (Å²) in [5, 5.41) is 5.60. The van der Waals surface area contributed by atoms with Gasteiger partial charge in [0.25, 0.3) is 5.56 Å². The number of nitrogens with two attached hydrogens (primary N) is 1. The third-order valence-electron chi connectivity index (χ3n) is 4.39. The average Bonchev–Trinajstić information content (AvgIpc) is 3.01. The first kappa shape index (κ1) is 17.5. The predicted molar refractivity (Wildman–Crippen MR) is 99.3 cm³/mol. The lowest BCUT2D eigenvalue weighted by molar-refractivity contribution is -0.118. The van der Waals surface area contributed by atoms with Crippen molar-refractivity contribution in [1.29, 1.82) is 0 Å². The molecule has 0 aliphatic carbocycles. The van der Waals surface area contributed by atoms with Crippen molar-refractivity contribution in [2.75, 3.05) is 7.11 Å². The number of benzene rings is 2. The Morgan fingerprint density at radius 1 is 1.08 bits per heavy atom. The van der Waals surface area contributed by atoms with Gasteiger partial charge in [0.2, 0.25) is 5.91 Å². The summed E-state index contributed by atoms with van der Waals surface area (Å²) in [6, 6.07) is 17.1. The second kappa shape index (κ2) is 7.74. The van der Waals surface area contributed by atoms with E-state index in [1.807, 2.05) is 54.6 Å². The molecule has 0 aliphatic heterocycles. The van der Waals surface area contributed by atoms with Gasteiger partial charge in [-0.3, -0.25) is 14.7 Å². The van der Waals surface area contributed by atoms with Gasteiger partial charge in [-0.25, -0.2) is 0 Å². The molecule has 0 aliphatic rings. The van der Waals surface area contributed by atoms with E-state index in [0.29, 0.717) is 12.0 Å². The van der Waals surface area contributed by atoms with Crippen LogP contribution in [0, 0.1) is 0 Å². The van der Waals surface area contributed by atoms with Crippen LogP contribution < -0.4 is 16.0 Å². The molecule has 0 spiro atoms. The molecule has 1 amide bonds. The largest absolute Gasteiger partial charge is 0.497 e. The van der Waals surface area contributed by atoms with Crippen LogP contribution in [-0.2, 0) is 11.2 Å². The molecule has 3 rings (SSSR count). The van der Waals surface area contributed by atoms with Crippen LogP contribution in [0.4, 0.5) is 0 Å². The Morgan fingerprint density at radius 2 is 1.77 bits per heavy atom. The van der Waals surface area contributed by atoms with Gasteiger partial charge in [-0.1, -0.05) is 42.5 Å². The third-order valence-corrected chi connectivity index (χ3v) is 4.39. The zero-order chi connectivity index (χ0) is 18.5. The Bertz CT molecular complexity index is 927. The minimum absolute atomic E-state index is 0.0700. The number of H-pyrrole nitrogens is 2. The number of ether oxygens (including phenoxy) is 1. The van der Waals surface area contributed by atoms with E-state index in [0.717, 1.165) is 22.6 Å². The third kappa shape index (κ3) is 3.85. The Morgan fingerprint density at radius 3 is 2.38 bits per heavy atom. The molecule has 1 heterocycles. The highest BCUT2D eigenvalue weighted by Gasteiger charge is 2.24. The topological polar surface area (TPSA) is 101 Å². The zero-order valence-electron chi connectivity index (χ0n) is 14.5. The summed E-state index contributed by atoms with van der Waals surface area (Å²) in [5.41, 5.74) is 8.41. The van der Waals surface area contributed by atoms with Crippen molar-refractivity contribution in [2.45, 2.75) is 18.8 Å². The Balaban J connectivity index is 1.98. The fraction of sp³-hybridized carbons (Fsp3) is 0.200. The highest BCUT2D eigenvalue weighted by Crippen LogP contribution is 2.28. The molecule has 6 heteroatoms. The van der Waals surface area contributed by atoms with Gasteiger partial charge < -0.3 is 15.6 Å². The summed E-state index contributed by atoms with van der Waals surface area (Å²) >= 11 is 0. The van der Waals surface area contributed by atoms with E-state index in [9.17, 15) is 9.59 Å². The molecule has 6 nitrogen and oxygen atoms in total. The maximum Gasteiger partial charge on any atom is 0.267 e. The number of hydrogen-bond donors (Lipinski definition) is 3. The molecule has 0 fully saturated rings. The summed E-state index contributed by atoms with van der Waals surface area (Å²) in [4.78, 5) is 24.1. The van der Waals surface area contributed by atoms with Crippen molar-refractivity contribution in [1.82, 2.24) is 10.2 Å². The van der Waals surface area contributed by atoms with Crippen LogP contribution in [-0.4, -0.2) is 23.2 Å². The van der Waals surface area contributed by atoms with Gasteiger partial charge in [0.15, 0.2) is 0 Å². The second-order valence-electron chi connectivity index (χ2n) is 6.13. The van der Waals surface area contributed by atoms with Crippen molar-refractivity contribution in [3.63, 3.8) is 0 Å². The summed E-state index contributed by atoms with van der Waals surface area (Å²) < 4.78 is 5.17. The van der Waals surface area contributed by atoms with Crippen LogP contribution in [0.3, 0.4) is 0 Å². The molecule has 2 aromatic carbocycles. The number of nitrogens with one attached hydrogen (secondary N) is 2. The van der Waals surface area contributed by atoms with E-state index >= 15 is 0 Å². The molecule has 3 aromatic rings. The van der Waals surface area contributed by atoms with Crippen molar-refractivity contribution in [2.24, 2.45) is 5.73 Å². The molecule has 1 aromatic heterocycles. The number of aromatic nitrogens is 2. The van der Waals surface area contributed by atoms with Gasteiger partial charge in [0.05, 0.1) is 7.11 Å². The van der Waals surface area contributed by atoms with Gasteiger partial charge >= 0.3 is 0 Å². The molecule has 0 radical (unpaired) electrons. The van der Waals surface area contributed by atoms with Crippen molar-refractivity contribution in [3.8, 4) is 5.75 Å². The van der Waals surface area contributed by atoms with Crippen molar-refractivity contribution < 1.29 is 9.53 Å². The summed E-state index contributed by atoms with van der Waals surface area (Å²) in [6.45, 7) is 0. The Hall–Kier alpha value is -3.28. The predicted octanol–water partition coefficient (Wildman–Crippen LogP) is 2.31. The number of hydrogen-bond acceptors (Lipinski definition) is 3. The maximum atomic E-state index is 12.5. The van der Waals surface area contributed by atoms with E-state index in [-0.39, 0.29) is 12.0 Å². The summed E-state index contributed by atoms with van der Waals surface area (Å²) in [6.07, 6.45) is 0.598. The summed E-state index contributed by atoms with van der Waals surface area (Å²) in [5.74, 6) is -0.0702. The highest BCUT2D eigenvalue weighted by atomic mass is 16.5. The molecular weight excluding hydrogens is 330 g/mol. The fourth-order valence-electron chi connectivity index (χ4n) is 3.13. The van der Waals surface area contributed by atoms with Gasteiger partial charge in [0, 0.05) is 30.0 Å². The van der Waals surface area contributed by atoms with E-state index in [4.69, 9.17) is 10.5 Å². The lowest BCUT2D eigenvalue weighted by Crippen LogP contribution is -2.21. The quantitative estimate of drug-likeness (QED) is 0.609. The molecule has 0 saturated carbocycles. The number of carbonyl (C=O) groups is 1. The molecule has 0 bridgehead atoms. The first-order valence-corrected chi connectivity index (χ1v) is 8.34. The van der Waals surface area contributed by atoms with Crippen LogP contribution in [0.2, 0.25) is 0 Å². The number of rotatable bonds is 7. The maximum absolute atomic E-state index is 12.5. The molecule has 4 N–H and O–H groups in total. The van der Waals surface area contributed by atoms with E-state index in [2.05, 4.69) is 10.2 Å². The number of methoxy groups -OCH3 is 1. The second-order valence-corrected chi connectivity index (χ2v) is 6.13. The lowest BCUT2D eigenvalue weighted by Gasteiger charge is -2.16. The number of carbonyl (C=O) groups excluding carboxylic acids is 1. The van der Waals surface area contributed by atoms with Gasteiger partial charge in [-0.05, 0) is 23.3 Å². The van der Waals surface area contributed by atoms with Crippen LogP contribution >= 0.6 is 0 Å². The molecule has 26 heavy (non-hydrogen) atoms. The van der Waals surface area contributed by atoms with Gasteiger partial charge in [0.1, 0.15) is 5.75 Å². The van der Waals surface area contributed by atoms with Crippen molar-refractivity contribution in [3.05, 3.63) is 87.3 Å². The lowest BCUT2D eigenvalue weighted by atomic mass is 9.87. The van der Waals surface area contributed by atoms with Crippen LogP contribution in [0.25, 0.3) is 0 Å². The smallest absolute Gasteiger partial charge is 0.267 e. The van der Waals surface area contributed by atoms with Crippen LogP contribution in [0.15, 0.2) is 59.4 Å². The molecule has 0 unspecified atom stereocenters. The van der Waals surface area contributed by atoms with E-state index in [1.165, 1.54) is 0 Å². The van der Waals surface area contributed by atoms with Gasteiger partial charge in [-0.2, -0.15) is 0 Å². The highest BCUT2D eigenvalue weighted by molar-refractivity contribution is 5.75. The first-order chi connectivity index (χ1) is 12.6. The molecule has 134 valence electrons. The van der Waals surface area contributed by atoms with E-state index in [1.54, 1.807) is 7.11 Å². The minimum atomic E-state index is -0.449. The van der Waals surface area contributed by atoms with E-state index < -0.39 is 11.8 Å². The zero-order valence-corrected chi connectivity index (χ0v) is 14.5. The number of primary amides is 1. The summed E-state index contributed by atoms with van der Waals surface area (Å²) in [7, 11) is 1.62. The SMILES string of the molecule is COc1ccc(Cc2[nH][nH]c(=O)c2[C@@H](CC(N)=O)c2ccccc2)cc1. The molecular formula is C20H21N3O3. The van der Waals surface area contributed by atoms with Crippen molar-refractivity contribution >= 4 is 5.91 Å². The Labute approximate surface area is 151 Å². The normalized spacial score (nSPS) is 11.9. The minimum Gasteiger partial charge on any atom is -0.497 e. The number of amides is 1. The van der Waals surface area contributed by atoms with Gasteiger partial charge in [-0.15, -0.1) is 0 Å². The van der Waals surface area contributed by atoms with Crippen LogP contribution in [0.1, 0.15) is 34.7 Å².